The molecule has 156 valence electrons. The molecule has 0 unspecified atom stereocenters. The number of tetrazole rings is 1. The number of carbonyl (C=O) groups is 1. The summed E-state index contributed by atoms with van der Waals surface area (Å²) in [5.41, 5.74) is 1.47. The van der Waals surface area contributed by atoms with E-state index in [0.29, 0.717) is 31.1 Å². The van der Waals surface area contributed by atoms with Gasteiger partial charge in [-0.15, -0.1) is 10.2 Å². The van der Waals surface area contributed by atoms with E-state index >= 15 is 0 Å². The van der Waals surface area contributed by atoms with Crippen molar-refractivity contribution >= 4 is 27.5 Å². The molecular formula is C19H16BrF3N6O. The Labute approximate surface area is 178 Å². The van der Waals surface area contributed by atoms with Gasteiger partial charge in [0.2, 0.25) is 11.7 Å². The van der Waals surface area contributed by atoms with Crippen LogP contribution in [0.15, 0.2) is 46.9 Å². The molecule has 1 aliphatic rings. The van der Waals surface area contributed by atoms with E-state index in [1.165, 1.54) is 17.0 Å². The van der Waals surface area contributed by atoms with Crippen LogP contribution < -0.4 is 4.90 Å². The third-order valence-electron chi connectivity index (χ3n) is 4.86. The van der Waals surface area contributed by atoms with Crippen LogP contribution >= 0.6 is 15.9 Å². The van der Waals surface area contributed by atoms with Crippen molar-refractivity contribution < 1.29 is 18.0 Å². The van der Waals surface area contributed by atoms with E-state index in [4.69, 9.17) is 0 Å². The Balaban J connectivity index is 1.46. The normalized spacial score (nSPS) is 15.6. The third kappa shape index (κ3) is 4.36. The van der Waals surface area contributed by atoms with E-state index in [-0.39, 0.29) is 12.5 Å². The molecule has 0 atom stereocenters. The summed E-state index contributed by atoms with van der Waals surface area (Å²) < 4.78 is 39.1. The van der Waals surface area contributed by atoms with E-state index in [9.17, 15) is 18.0 Å². The number of aromatic nitrogens is 4. The molecule has 3 aromatic rings. The lowest BCUT2D eigenvalue weighted by atomic mass is 10.1. The van der Waals surface area contributed by atoms with Gasteiger partial charge in [-0.1, -0.05) is 22.0 Å². The molecule has 1 N–H and O–H groups in total. The minimum absolute atomic E-state index is 0.156. The van der Waals surface area contributed by atoms with Crippen LogP contribution in [-0.4, -0.2) is 51.1 Å². The standard InChI is InChI=1S/C19H16BrF3N6O/c20-14-4-1-12(16(9-14)18-24-26-27-25-18)10-28-7-8-29(17(30)11-28)15-5-2-13(3-6-15)19(21,22)23/h1-6,9H,7-8,10-11H2,(H,24,25,26,27). The number of hydrogen-bond donors (Lipinski definition) is 1. The van der Waals surface area contributed by atoms with Gasteiger partial charge in [0, 0.05) is 35.4 Å². The van der Waals surface area contributed by atoms with Gasteiger partial charge in [0.15, 0.2) is 0 Å². The van der Waals surface area contributed by atoms with E-state index in [2.05, 4.69) is 36.6 Å². The summed E-state index contributed by atoms with van der Waals surface area (Å²) in [6, 6.07) is 10.4. The van der Waals surface area contributed by atoms with Crippen molar-refractivity contribution in [1.29, 1.82) is 0 Å². The molecule has 0 aliphatic carbocycles. The average Bonchev–Trinajstić information content (AvgIpc) is 3.24. The summed E-state index contributed by atoms with van der Waals surface area (Å²) in [5.74, 6) is 0.292. The fourth-order valence-corrected chi connectivity index (χ4v) is 3.73. The molecule has 1 aliphatic heterocycles. The first-order valence-electron chi connectivity index (χ1n) is 9.03. The Morgan fingerprint density at radius 2 is 1.87 bits per heavy atom. The van der Waals surface area contributed by atoms with Crippen molar-refractivity contribution in [3.63, 3.8) is 0 Å². The maximum atomic E-state index is 12.8. The zero-order chi connectivity index (χ0) is 21.3. The Morgan fingerprint density at radius 1 is 1.10 bits per heavy atom. The molecule has 4 rings (SSSR count). The summed E-state index contributed by atoms with van der Waals surface area (Å²) in [4.78, 5) is 16.2. The highest BCUT2D eigenvalue weighted by Gasteiger charge is 2.31. The van der Waals surface area contributed by atoms with Gasteiger partial charge in [-0.2, -0.15) is 18.4 Å². The van der Waals surface area contributed by atoms with Crippen molar-refractivity contribution in [2.24, 2.45) is 0 Å². The molecule has 0 bridgehead atoms. The lowest BCUT2D eigenvalue weighted by molar-refractivity contribution is -0.137. The number of carbonyl (C=O) groups excluding carboxylic acids is 1. The molecule has 0 saturated carbocycles. The quantitative estimate of drug-likeness (QED) is 0.618. The van der Waals surface area contributed by atoms with Gasteiger partial charge in [0.25, 0.3) is 0 Å². The van der Waals surface area contributed by atoms with Crippen LogP contribution in [0.3, 0.4) is 0 Å². The summed E-state index contributed by atoms with van der Waals surface area (Å²) >= 11 is 3.44. The van der Waals surface area contributed by atoms with Gasteiger partial charge in [-0.3, -0.25) is 9.69 Å². The van der Waals surface area contributed by atoms with Crippen molar-refractivity contribution in [2.45, 2.75) is 12.7 Å². The summed E-state index contributed by atoms with van der Waals surface area (Å²) in [7, 11) is 0. The number of amides is 1. The molecule has 1 saturated heterocycles. The summed E-state index contributed by atoms with van der Waals surface area (Å²) in [6.07, 6.45) is -4.40. The molecule has 1 fully saturated rings. The highest BCUT2D eigenvalue weighted by atomic mass is 79.9. The average molecular weight is 481 g/mol. The third-order valence-corrected chi connectivity index (χ3v) is 5.35. The molecule has 1 amide bonds. The molecule has 11 heteroatoms. The van der Waals surface area contributed by atoms with Crippen molar-refractivity contribution in [3.8, 4) is 11.4 Å². The van der Waals surface area contributed by atoms with Crippen LogP contribution in [0, 0.1) is 0 Å². The monoisotopic (exact) mass is 480 g/mol. The molecule has 0 spiro atoms. The first-order chi connectivity index (χ1) is 14.3. The summed E-state index contributed by atoms with van der Waals surface area (Å²) in [5, 5.41) is 14.1. The topological polar surface area (TPSA) is 78.0 Å². The largest absolute Gasteiger partial charge is 0.416 e. The highest BCUT2D eigenvalue weighted by Crippen LogP contribution is 2.31. The first kappa shape index (κ1) is 20.5. The summed E-state index contributed by atoms with van der Waals surface area (Å²) in [6.45, 7) is 1.62. The van der Waals surface area contributed by atoms with E-state index in [1.807, 2.05) is 23.1 Å². The lowest BCUT2D eigenvalue weighted by Crippen LogP contribution is -2.50. The van der Waals surface area contributed by atoms with Crippen LogP contribution in [0.25, 0.3) is 11.4 Å². The number of nitrogens with one attached hydrogen (secondary N) is 1. The number of piperazine rings is 1. The van der Waals surface area contributed by atoms with Crippen LogP contribution in [0.4, 0.5) is 18.9 Å². The number of nitrogens with zero attached hydrogens (tertiary/aromatic N) is 5. The van der Waals surface area contributed by atoms with Crippen LogP contribution in [-0.2, 0) is 17.5 Å². The zero-order valence-electron chi connectivity index (χ0n) is 15.5. The Hall–Kier alpha value is -2.79. The lowest BCUT2D eigenvalue weighted by Gasteiger charge is -2.34. The van der Waals surface area contributed by atoms with Crippen LogP contribution in [0.1, 0.15) is 11.1 Å². The Bertz CT molecular complexity index is 1040. The second-order valence-corrected chi connectivity index (χ2v) is 7.75. The van der Waals surface area contributed by atoms with Crippen molar-refractivity contribution in [1.82, 2.24) is 25.5 Å². The number of rotatable bonds is 4. The molecule has 1 aromatic heterocycles. The fourth-order valence-electron chi connectivity index (χ4n) is 3.37. The van der Waals surface area contributed by atoms with Crippen LogP contribution in [0.2, 0.25) is 0 Å². The highest BCUT2D eigenvalue weighted by molar-refractivity contribution is 9.10. The number of anilines is 1. The number of benzene rings is 2. The maximum Gasteiger partial charge on any atom is 0.416 e. The second-order valence-electron chi connectivity index (χ2n) is 6.84. The van der Waals surface area contributed by atoms with E-state index in [0.717, 1.165) is 27.7 Å². The predicted molar refractivity (Wildman–Crippen MR) is 106 cm³/mol. The van der Waals surface area contributed by atoms with E-state index < -0.39 is 11.7 Å². The maximum absolute atomic E-state index is 12.8. The van der Waals surface area contributed by atoms with Gasteiger partial charge in [-0.05, 0) is 47.2 Å². The minimum atomic E-state index is -4.40. The Kier molecular flexibility index (Phi) is 5.56. The molecule has 7 nitrogen and oxygen atoms in total. The number of halogens is 4. The van der Waals surface area contributed by atoms with Gasteiger partial charge < -0.3 is 4.90 Å². The number of alkyl halides is 3. The van der Waals surface area contributed by atoms with Gasteiger partial charge >= 0.3 is 6.18 Å². The Morgan fingerprint density at radius 3 is 2.50 bits per heavy atom. The number of H-pyrrole nitrogens is 1. The smallest absolute Gasteiger partial charge is 0.310 e. The number of hydrogen-bond acceptors (Lipinski definition) is 5. The molecule has 2 heterocycles. The molecular weight excluding hydrogens is 465 g/mol. The predicted octanol–water partition coefficient (Wildman–Crippen LogP) is 3.50. The van der Waals surface area contributed by atoms with Gasteiger partial charge in [0.05, 0.1) is 12.1 Å². The zero-order valence-corrected chi connectivity index (χ0v) is 17.1. The fraction of sp³-hybridized carbons (Fsp3) is 0.263. The SMILES string of the molecule is O=C1CN(Cc2ccc(Br)cc2-c2nn[nH]n2)CCN1c1ccc(C(F)(F)F)cc1. The van der Waals surface area contributed by atoms with Gasteiger partial charge in [0.1, 0.15) is 0 Å². The van der Waals surface area contributed by atoms with Crippen LogP contribution in [0.5, 0.6) is 0 Å². The second kappa shape index (κ2) is 8.15. The van der Waals surface area contributed by atoms with E-state index in [1.54, 1.807) is 0 Å². The van der Waals surface area contributed by atoms with Crippen molar-refractivity contribution in [3.05, 3.63) is 58.1 Å². The molecule has 0 radical (unpaired) electrons. The first-order valence-corrected chi connectivity index (χ1v) is 9.83. The van der Waals surface area contributed by atoms with Crippen molar-refractivity contribution in [2.75, 3.05) is 24.5 Å². The number of aromatic amines is 1. The molecule has 30 heavy (non-hydrogen) atoms. The molecule has 2 aromatic carbocycles. The van der Waals surface area contributed by atoms with Gasteiger partial charge in [-0.25, -0.2) is 0 Å². The minimum Gasteiger partial charge on any atom is -0.310 e.